The highest BCUT2D eigenvalue weighted by Gasteiger charge is 2.35. The maximum Gasteiger partial charge on any atom is 0.416 e. The van der Waals surface area contributed by atoms with Crippen LogP contribution in [0.3, 0.4) is 0 Å². The molecule has 6 N–H and O–H groups in total. The number of hydrogen-bond acceptors (Lipinski definition) is 6. The van der Waals surface area contributed by atoms with Crippen LogP contribution in [0.15, 0.2) is 24.3 Å². The zero-order valence-electron chi connectivity index (χ0n) is 11.6. The van der Waals surface area contributed by atoms with E-state index >= 15 is 0 Å². The second-order valence-corrected chi connectivity index (χ2v) is 4.74. The Labute approximate surface area is 128 Å². The summed E-state index contributed by atoms with van der Waals surface area (Å²) in [5, 5.41) is 48.1. The van der Waals surface area contributed by atoms with Crippen LogP contribution in [0.25, 0.3) is 0 Å². The maximum atomic E-state index is 12.5. The zero-order chi connectivity index (χ0) is 17.8. The Kier molecular flexibility index (Phi) is 6.47. The van der Waals surface area contributed by atoms with Crippen molar-refractivity contribution < 1.29 is 43.5 Å². The molecule has 10 heteroatoms. The van der Waals surface area contributed by atoms with Crippen molar-refractivity contribution >= 4 is 11.6 Å². The number of hydrogen-bond donors (Lipinski definition) is 6. The Morgan fingerprint density at radius 1 is 1.13 bits per heavy atom. The van der Waals surface area contributed by atoms with Crippen LogP contribution in [0, 0.1) is 0 Å². The summed E-state index contributed by atoms with van der Waals surface area (Å²) in [7, 11) is 0. The predicted molar refractivity (Wildman–Crippen MR) is 71.2 cm³/mol. The SMILES string of the molecule is O=C(Nc1cccc(C(F)(F)F)c1)[C@H](O)[C@H](O)[C@H](O)[C@H](O)CO. The first-order valence-electron chi connectivity index (χ1n) is 6.39. The van der Waals surface area contributed by atoms with Gasteiger partial charge in [-0.25, -0.2) is 0 Å². The molecule has 130 valence electrons. The van der Waals surface area contributed by atoms with Gasteiger partial charge in [0.25, 0.3) is 5.91 Å². The van der Waals surface area contributed by atoms with Gasteiger partial charge in [0.15, 0.2) is 6.10 Å². The van der Waals surface area contributed by atoms with Gasteiger partial charge in [-0.3, -0.25) is 4.79 Å². The average molecular weight is 339 g/mol. The van der Waals surface area contributed by atoms with E-state index < -0.39 is 48.7 Å². The fourth-order valence-corrected chi connectivity index (χ4v) is 1.67. The molecule has 23 heavy (non-hydrogen) atoms. The Morgan fingerprint density at radius 3 is 2.26 bits per heavy atom. The Hall–Kier alpha value is -1.72. The van der Waals surface area contributed by atoms with Crippen LogP contribution in [-0.4, -0.2) is 62.5 Å². The van der Waals surface area contributed by atoms with E-state index in [0.29, 0.717) is 6.07 Å². The molecular weight excluding hydrogens is 323 g/mol. The van der Waals surface area contributed by atoms with E-state index in [1.807, 2.05) is 5.32 Å². The fraction of sp³-hybridized carbons (Fsp3) is 0.462. The smallest absolute Gasteiger partial charge is 0.394 e. The minimum atomic E-state index is -4.62. The normalized spacial score (nSPS) is 17.2. The van der Waals surface area contributed by atoms with Gasteiger partial charge in [-0.2, -0.15) is 13.2 Å². The van der Waals surface area contributed by atoms with E-state index in [-0.39, 0.29) is 5.69 Å². The van der Waals surface area contributed by atoms with Crippen molar-refractivity contribution in [2.24, 2.45) is 0 Å². The summed E-state index contributed by atoms with van der Waals surface area (Å²) < 4.78 is 37.6. The maximum absolute atomic E-state index is 12.5. The monoisotopic (exact) mass is 339 g/mol. The average Bonchev–Trinajstić information content (AvgIpc) is 2.51. The van der Waals surface area contributed by atoms with Gasteiger partial charge in [0.05, 0.1) is 12.2 Å². The lowest BCUT2D eigenvalue weighted by Crippen LogP contribution is -2.50. The lowest BCUT2D eigenvalue weighted by molar-refractivity contribution is -0.144. The number of carbonyl (C=O) groups is 1. The molecule has 0 saturated carbocycles. The highest BCUT2D eigenvalue weighted by molar-refractivity contribution is 5.94. The van der Waals surface area contributed by atoms with Crippen LogP contribution in [0.4, 0.5) is 18.9 Å². The summed E-state index contributed by atoms with van der Waals surface area (Å²) in [5.74, 6) is -1.29. The van der Waals surface area contributed by atoms with Crippen molar-refractivity contribution in [3.8, 4) is 0 Å². The third-order valence-corrected chi connectivity index (χ3v) is 2.98. The minimum absolute atomic E-state index is 0.284. The van der Waals surface area contributed by atoms with Gasteiger partial charge in [0, 0.05) is 5.69 Å². The van der Waals surface area contributed by atoms with E-state index in [4.69, 9.17) is 10.2 Å². The minimum Gasteiger partial charge on any atom is -0.394 e. The topological polar surface area (TPSA) is 130 Å². The first-order chi connectivity index (χ1) is 10.6. The lowest BCUT2D eigenvalue weighted by atomic mass is 10.0. The molecule has 0 radical (unpaired) electrons. The largest absolute Gasteiger partial charge is 0.416 e. The van der Waals surface area contributed by atoms with Gasteiger partial charge in [-0.15, -0.1) is 0 Å². The van der Waals surface area contributed by atoms with Crippen molar-refractivity contribution in [3.05, 3.63) is 29.8 Å². The van der Waals surface area contributed by atoms with Crippen molar-refractivity contribution in [2.75, 3.05) is 11.9 Å². The molecule has 1 aromatic carbocycles. The number of amides is 1. The van der Waals surface area contributed by atoms with Crippen LogP contribution in [0.2, 0.25) is 0 Å². The molecule has 7 nitrogen and oxygen atoms in total. The lowest BCUT2D eigenvalue weighted by Gasteiger charge is -2.25. The number of halogens is 3. The quantitative estimate of drug-likeness (QED) is 0.397. The second-order valence-electron chi connectivity index (χ2n) is 4.74. The van der Waals surface area contributed by atoms with Crippen LogP contribution in [0.5, 0.6) is 0 Å². The van der Waals surface area contributed by atoms with Crippen LogP contribution in [0.1, 0.15) is 5.56 Å². The molecule has 0 heterocycles. The molecule has 0 aliphatic heterocycles. The highest BCUT2D eigenvalue weighted by Crippen LogP contribution is 2.30. The number of rotatable bonds is 6. The molecule has 1 amide bonds. The van der Waals surface area contributed by atoms with Gasteiger partial charge >= 0.3 is 6.18 Å². The van der Waals surface area contributed by atoms with Crippen molar-refractivity contribution in [1.29, 1.82) is 0 Å². The zero-order valence-corrected chi connectivity index (χ0v) is 11.6. The van der Waals surface area contributed by atoms with Crippen molar-refractivity contribution in [1.82, 2.24) is 0 Å². The van der Waals surface area contributed by atoms with E-state index in [2.05, 4.69) is 0 Å². The number of nitrogens with one attached hydrogen (secondary N) is 1. The second kappa shape index (κ2) is 7.70. The summed E-state index contributed by atoms with van der Waals surface area (Å²) in [6, 6.07) is 3.56. The summed E-state index contributed by atoms with van der Waals surface area (Å²) >= 11 is 0. The molecule has 0 fully saturated rings. The molecule has 1 rings (SSSR count). The molecule has 0 unspecified atom stereocenters. The molecular formula is C13H16F3NO6. The van der Waals surface area contributed by atoms with Gasteiger partial charge in [0.2, 0.25) is 0 Å². The number of carbonyl (C=O) groups excluding carboxylic acids is 1. The van der Waals surface area contributed by atoms with Gasteiger partial charge < -0.3 is 30.8 Å². The predicted octanol–water partition coefficient (Wildman–Crippen LogP) is -0.920. The third kappa shape index (κ3) is 5.15. The Morgan fingerprint density at radius 2 is 1.74 bits per heavy atom. The van der Waals surface area contributed by atoms with Gasteiger partial charge in [-0.05, 0) is 18.2 Å². The number of alkyl halides is 3. The molecule has 0 aliphatic rings. The number of anilines is 1. The summed E-state index contributed by atoms with van der Waals surface area (Å²) in [6.45, 7) is -0.930. The van der Waals surface area contributed by atoms with Gasteiger partial charge in [0.1, 0.15) is 18.3 Å². The number of aliphatic hydroxyl groups excluding tert-OH is 5. The first-order valence-corrected chi connectivity index (χ1v) is 6.39. The highest BCUT2D eigenvalue weighted by atomic mass is 19.4. The van der Waals surface area contributed by atoms with Crippen LogP contribution >= 0.6 is 0 Å². The van der Waals surface area contributed by atoms with E-state index in [9.17, 15) is 33.3 Å². The number of aliphatic hydroxyl groups is 5. The van der Waals surface area contributed by atoms with Crippen LogP contribution < -0.4 is 5.32 Å². The van der Waals surface area contributed by atoms with Crippen molar-refractivity contribution in [3.63, 3.8) is 0 Å². The van der Waals surface area contributed by atoms with Gasteiger partial charge in [-0.1, -0.05) is 6.07 Å². The van der Waals surface area contributed by atoms with Crippen LogP contribution in [-0.2, 0) is 11.0 Å². The van der Waals surface area contributed by atoms with E-state index in [0.717, 1.165) is 18.2 Å². The Balaban J connectivity index is 2.79. The van der Waals surface area contributed by atoms with E-state index in [1.54, 1.807) is 0 Å². The molecule has 4 atom stereocenters. The molecule has 0 bridgehead atoms. The molecule has 0 aromatic heterocycles. The summed E-state index contributed by atoms with van der Waals surface area (Å²) in [5.41, 5.74) is -1.31. The summed E-state index contributed by atoms with van der Waals surface area (Å²) in [4.78, 5) is 11.7. The summed E-state index contributed by atoms with van der Waals surface area (Å²) in [6.07, 6.45) is -12.8. The fourth-order valence-electron chi connectivity index (χ4n) is 1.67. The molecule has 0 saturated heterocycles. The molecule has 0 spiro atoms. The molecule has 0 aliphatic carbocycles. The van der Waals surface area contributed by atoms with E-state index in [1.165, 1.54) is 0 Å². The standard InChI is InChI=1S/C13H16F3NO6/c14-13(15,16)6-2-1-3-7(4-6)17-12(23)11(22)10(21)9(20)8(19)5-18/h1-4,8-11,18-22H,5H2,(H,17,23)/t8-,9-,10-,11-/m1/s1. The Bertz CT molecular complexity index is 539. The van der Waals surface area contributed by atoms with Crippen molar-refractivity contribution in [2.45, 2.75) is 30.6 Å². The first kappa shape index (κ1) is 19.3. The third-order valence-electron chi connectivity index (χ3n) is 2.98. The molecule has 1 aromatic rings. The number of benzene rings is 1.